The summed E-state index contributed by atoms with van der Waals surface area (Å²) in [6.45, 7) is 2.86. The van der Waals surface area contributed by atoms with E-state index >= 15 is 0 Å². The minimum absolute atomic E-state index is 0.0147. The lowest BCUT2D eigenvalue weighted by molar-refractivity contribution is 0.308. The van der Waals surface area contributed by atoms with Gasteiger partial charge in [-0.1, -0.05) is 43.2 Å². The number of hydrogen-bond acceptors (Lipinski definition) is 4. The van der Waals surface area contributed by atoms with E-state index < -0.39 is 0 Å². The van der Waals surface area contributed by atoms with Crippen LogP contribution in [-0.2, 0) is 0 Å². The largest absolute Gasteiger partial charge is 0.493 e. The molecule has 156 valence electrons. The Kier molecular flexibility index (Phi) is 6.99. The Balaban J connectivity index is 1.66. The number of aliphatic imine (C=N–C) groups is 1. The van der Waals surface area contributed by atoms with Crippen LogP contribution in [0.3, 0.4) is 0 Å². The molecule has 4 N–H and O–H groups in total. The molecule has 1 aliphatic carbocycles. The van der Waals surface area contributed by atoms with Crippen molar-refractivity contribution >= 4 is 11.6 Å². The highest BCUT2D eigenvalue weighted by Gasteiger charge is 2.34. The second-order valence-electron chi connectivity index (χ2n) is 7.66. The van der Waals surface area contributed by atoms with Crippen LogP contribution in [0.5, 0.6) is 11.5 Å². The molecule has 0 bridgehead atoms. The molecule has 6 heteroatoms. The van der Waals surface area contributed by atoms with Gasteiger partial charge < -0.3 is 25.8 Å². The number of benzene rings is 2. The second kappa shape index (κ2) is 9.65. The third-order valence-corrected chi connectivity index (χ3v) is 5.59. The van der Waals surface area contributed by atoms with Crippen molar-refractivity contribution in [1.82, 2.24) is 5.32 Å². The number of rotatable bonds is 8. The molecule has 0 amide bonds. The smallest absolute Gasteiger partial charge is 0.193 e. The fourth-order valence-electron chi connectivity index (χ4n) is 4.02. The topological polar surface area (TPSA) is 80.9 Å². The summed E-state index contributed by atoms with van der Waals surface area (Å²) in [5, 5.41) is 6.99. The van der Waals surface area contributed by atoms with Gasteiger partial charge in [-0.05, 0) is 37.5 Å². The first-order valence-electron chi connectivity index (χ1n) is 10.2. The molecular formula is C23H32N4O2. The quantitative estimate of drug-likeness (QED) is 0.462. The van der Waals surface area contributed by atoms with E-state index in [9.17, 15) is 0 Å². The van der Waals surface area contributed by atoms with E-state index in [1.165, 1.54) is 18.4 Å². The van der Waals surface area contributed by atoms with E-state index in [0.717, 1.165) is 18.5 Å². The van der Waals surface area contributed by atoms with Crippen LogP contribution in [0.4, 0.5) is 5.69 Å². The molecular weight excluding hydrogens is 364 g/mol. The summed E-state index contributed by atoms with van der Waals surface area (Å²) in [4.78, 5) is 4.67. The maximum atomic E-state index is 6.19. The zero-order valence-corrected chi connectivity index (χ0v) is 17.6. The Bertz CT molecular complexity index is 817. The lowest BCUT2D eigenvalue weighted by Gasteiger charge is -2.33. The fraction of sp³-hybridized carbons (Fsp3) is 0.435. The van der Waals surface area contributed by atoms with Crippen LogP contribution in [0.25, 0.3) is 0 Å². The van der Waals surface area contributed by atoms with Gasteiger partial charge in [0, 0.05) is 23.3 Å². The van der Waals surface area contributed by atoms with Crippen molar-refractivity contribution in [3.63, 3.8) is 0 Å². The molecule has 29 heavy (non-hydrogen) atoms. The minimum Gasteiger partial charge on any atom is -0.493 e. The average Bonchev–Trinajstić information content (AvgIpc) is 3.21. The van der Waals surface area contributed by atoms with Gasteiger partial charge in [-0.3, -0.25) is 4.99 Å². The Hall–Kier alpha value is -2.73. The van der Waals surface area contributed by atoms with Crippen LogP contribution in [0.15, 0.2) is 53.5 Å². The summed E-state index contributed by atoms with van der Waals surface area (Å²) in [5.74, 6) is 1.73. The standard InChI is InChI=1S/C23H32N4O2/c1-17(18-9-5-4-6-10-18)27-23(13-7-8-14-23)16-25-22(24)26-19-11-12-20(28-2)21(15-19)29-3/h4-6,9-12,15,17,27H,7-8,13-14,16H2,1-3H3,(H3,24,25,26). The predicted octanol–water partition coefficient (Wildman–Crippen LogP) is 4.09. The summed E-state index contributed by atoms with van der Waals surface area (Å²) in [6.07, 6.45) is 4.65. The van der Waals surface area contributed by atoms with Gasteiger partial charge in [0.1, 0.15) is 0 Å². The number of guanidine groups is 1. The van der Waals surface area contributed by atoms with Crippen LogP contribution >= 0.6 is 0 Å². The van der Waals surface area contributed by atoms with E-state index in [4.69, 9.17) is 15.2 Å². The van der Waals surface area contributed by atoms with Crippen molar-refractivity contribution < 1.29 is 9.47 Å². The third-order valence-electron chi connectivity index (χ3n) is 5.59. The first kappa shape index (κ1) is 21.0. The lowest BCUT2D eigenvalue weighted by atomic mass is 9.95. The van der Waals surface area contributed by atoms with E-state index in [1.54, 1.807) is 14.2 Å². The predicted molar refractivity (Wildman–Crippen MR) is 119 cm³/mol. The van der Waals surface area contributed by atoms with Crippen molar-refractivity contribution in [2.75, 3.05) is 26.1 Å². The van der Waals surface area contributed by atoms with Crippen LogP contribution in [-0.4, -0.2) is 32.3 Å². The van der Waals surface area contributed by atoms with Gasteiger partial charge in [0.05, 0.1) is 20.8 Å². The van der Waals surface area contributed by atoms with Crippen LogP contribution in [0, 0.1) is 0 Å². The number of nitrogens with two attached hydrogens (primary N) is 1. The molecule has 0 radical (unpaired) electrons. The molecule has 1 saturated carbocycles. The zero-order valence-electron chi connectivity index (χ0n) is 17.6. The fourth-order valence-corrected chi connectivity index (χ4v) is 4.02. The van der Waals surface area contributed by atoms with E-state index in [-0.39, 0.29) is 11.6 Å². The highest BCUT2D eigenvalue weighted by Crippen LogP contribution is 2.33. The minimum atomic E-state index is -0.0147. The third kappa shape index (κ3) is 5.41. The number of nitrogens with one attached hydrogen (secondary N) is 2. The van der Waals surface area contributed by atoms with Crippen molar-refractivity contribution in [3.05, 3.63) is 54.1 Å². The summed E-state index contributed by atoms with van der Waals surface area (Å²) < 4.78 is 10.6. The Morgan fingerprint density at radius 1 is 1.07 bits per heavy atom. The number of hydrogen-bond donors (Lipinski definition) is 3. The van der Waals surface area contributed by atoms with Crippen LogP contribution in [0.1, 0.15) is 44.2 Å². The molecule has 0 saturated heterocycles. The Labute approximate surface area is 173 Å². The van der Waals surface area contributed by atoms with Gasteiger partial charge in [0.25, 0.3) is 0 Å². The Morgan fingerprint density at radius 2 is 1.76 bits per heavy atom. The monoisotopic (exact) mass is 396 g/mol. The molecule has 2 aromatic carbocycles. The maximum absolute atomic E-state index is 6.19. The van der Waals surface area contributed by atoms with Crippen molar-refractivity contribution in [1.29, 1.82) is 0 Å². The molecule has 1 atom stereocenters. The number of nitrogens with zero attached hydrogens (tertiary/aromatic N) is 1. The van der Waals surface area contributed by atoms with Crippen molar-refractivity contribution in [3.8, 4) is 11.5 Å². The van der Waals surface area contributed by atoms with Gasteiger partial charge in [-0.15, -0.1) is 0 Å². The molecule has 0 spiro atoms. The molecule has 1 fully saturated rings. The summed E-state index contributed by atoms with van der Waals surface area (Å²) in [7, 11) is 3.23. The van der Waals surface area contributed by atoms with Gasteiger partial charge in [0.2, 0.25) is 0 Å². The second-order valence-corrected chi connectivity index (χ2v) is 7.66. The lowest BCUT2D eigenvalue weighted by Crippen LogP contribution is -2.47. The summed E-state index contributed by atoms with van der Waals surface area (Å²) >= 11 is 0. The molecule has 3 rings (SSSR count). The molecule has 0 aliphatic heterocycles. The van der Waals surface area contributed by atoms with Gasteiger partial charge in [0.15, 0.2) is 17.5 Å². The summed E-state index contributed by atoms with van der Waals surface area (Å²) in [5.41, 5.74) is 8.28. The molecule has 1 aliphatic rings. The number of anilines is 1. The highest BCUT2D eigenvalue weighted by molar-refractivity contribution is 5.92. The van der Waals surface area contributed by atoms with Crippen molar-refractivity contribution in [2.45, 2.75) is 44.2 Å². The van der Waals surface area contributed by atoms with Gasteiger partial charge >= 0.3 is 0 Å². The van der Waals surface area contributed by atoms with Crippen LogP contribution in [0.2, 0.25) is 0 Å². The van der Waals surface area contributed by atoms with Crippen molar-refractivity contribution in [2.24, 2.45) is 10.7 Å². The zero-order chi connectivity index (χ0) is 20.7. The first-order chi connectivity index (χ1) is 14.0. The van der Waals surface area contributed by atoms with Gasteiger partial charge in [-0.2, -0.15) is 0 Å². The maximum Gasteiger partial charge on any atom is 0.193 e. The van der Waals surface area contributed by atoms with Crippen LogP contribution < -0.4 is 25.8 Å². The highest BCUT2D eigenvalue weighted by atomic mass is 16.5. The average molecular weight is 397 g/mol. The normalized spacial score (nSPS) is 17.0. The first-order valence-corrected chi connectivity index (χ1v) is 10.2. The number of methoxy groups -OCH3 is 2. The van der Waals surface area contributed by atoms with E-state index in [1.807, 2.05) is 24.3 Å². The number of ether oxygens (including phenoxy) is 2. The Morgan fingerprint density at radius 3 is 2.41 bits per heavy atom. The summed E-state index contributed by atoms with van der Waals surface area (Å²) in [6, 6.07) is 16.4. The molecule has 0 aromatic heterocycles. The van der Waals surface area contributed by atoms with E-state index in [0.29, 0.717) is 24.0 Å². The van der Waals surface area contributed by atoms with E-state index in [2.05, 4.69) is 46.8 Å². The molecule has 1 unspecified atom stereocenters. The molecule has 6 nitrogen and oxygen atoms in total. The SMILES string of the molecule is COc1ccc(NC(N)=NCC2(NC(C)c3ccccc3)CCCC2)cc1OC. The van der Waals surface area contributed by atoms with Gasteiger partial charge in [-0.25, -0.2) is 0 Å². The molecule has 0 heterocycles. The molecule has 2 aromatic rings.